The van der Waals surface area contributed by atoms with Gasteiger partial charge in [0, 0.05) is 16.2 Å². The first-order valence-corrected chi connectivity index (χ1v) is 7.03. The summed E-state index contributed by atoms with van der Waals surface area (Å²) in [6, 6.07) is 14.6. The molecular weight excluding hydrogens is 319 g/mol. The summed E-state index contributed by atoms with van der Waals surface area (Å²) in [5.74, 6) is -0.220. The maximum atomic E-state index is 13.1. The minimum Gasteiger partial charge on any atom is -0.268 e. The van der Waals surface area contributed by atoms with Crippen molar-refractivity contribution in [2.45, 2.75) is 6.54 Å². The van der Waals surface area contributed by atoms with Crippen molar-refractivity contribution in [2.24, 2.45) is 0 Å². The summed E-state index contributed by atoms with van der Waals surface area (Å²) in [6.45, 7) is 0.564. The fourth-order valence-corrected chi connectivity index (χ4v) is 2.33. The predicted octanol–water partition coefficient (Wildman–Crippen LogP) is 4.50. The van der Waals surface area contributed by atoms with Crippen LogP contribution in [-0.4, -0.2) is 9.78 Å². The number of hydrogen-bond donors (Lipinski definition) is 0. The molecule has 0 N–H and O–H groups in total. The monoisotopic (exact) mass is 330 g/mol. The lowest BCUT2D eigenvalue weighted by Crippen LogP contribution is -1.99. The molecule has 0 radical (unpaired) electrons. The van der Waals surface area contributed by atoms with Crippen LogP contribution >= 0.6 is 15.9 Å². The van der Waals surface area contributed by atoms with Gasteiger partial charge >= 0.3 is 0 Å². The quantitative estimate of drug-likeness (QED) is 0.691. The normalized spacial score (nSPS) is 10.7. The van der Waals surface area contributed by atoms with Crippen molar-refractivity contribution in [3.8, 4) is 11.1 Å². The largest absolute Gasteiger partial charge is 0.268 e. The molecule has 3 aromatic rings. The summed E-state index contributed by atoms with van der Waals surface area (Å²) in [7, 11) is 0. The molecule has 2 nitrogen and oxygen atoms in total. The molecule has 3 rings (SSSR count). The topological polar surface area (TPSA) is 17.8 Å². The fourth-order valence-electron chi connectivity index (χ4n) is 2.06. The third-order valence-corrected chi connectivity index (χ3v) is 3.57. The van der Waals surface area contributed by atoms with Crippen LogP contribution in [0.4, 0.5) is 4.39 Å². The van der Waals surface area contributed by atoms with E-state index in [0.29, 0.717) is 6.54 Å². The van der Waals surface area contributed by atoms with Crippen LogP contribution in [0.15, 0.2) is 65.4 Å². The van der Waals surface area contributed by atoms with E-state index in [9.17, 15) is 4.39 Å². The molecule has 0 fully saturated rings. The Hall–Kier alpha value is -1.94. The van der Waals surface area contributed by atoms with Gasteiger partial charge in [-0.3, -0.25) is 4.68 Å². The second-order valence-corrected chi connectivity index (χ2v) is 5.48. The number of benzene rings is 2. The van der Waals surface area contributed by atoms with Crippen molar-refractivity contribution in [1.82, 2.24) is 9.78 Å². The summed E-state index contributed by atoms with van der Waals surface area (Å²) in [4.78, 5) is 0. The third-order valence-electron chi connectivity index (χ3n) is 3.04. The van der Waals surface area contributed by atoms with E-state index in [1.807, 2.05) is 47.4 Å². The van der Waals surface area contributed by atoms with Gasteiger partial charge in [-0.25, -0.2) is 4.39 Å². The van der Waals surface area contributed by atoms with Crippen LogP contribution in [0, 0.1) is 5.82 Å². The minimum atomic E-state index is -0.220. The van der Waals surface area contributed by atoms with Crippen molar-refractivity contribution in [3.05, 3.63) is 76.8 Å². The lowest BCUT2D eigenvalue weighted by Gasteiger charge is -2.01. The minimum absolute atomic E-state index is 0.220. The summed E-state index contributed by atoms with van der Waals surface area (Å²) < 4.78 is 16.0. The van der Waals surface area contributed by atoms with E-state index in [4.69, 9.17) is 0 Å². The van der Waals surface area contributed by atoms with Gasteiger partial charge in [0.25, 0.3) is 0 Å². The van der Waals surface area contributed by atoms with Crippen molar-refractivity contribution in [3.63, 3.8) is 0 Å². The average Bonchev–Trinajstić information content (AvgIpc) is 2.88. The van der Waals surface area contributed by atoms with Gasteiger partial charge in [-0.2, -0.15) is 5.10 Å². The Morgan fingerprint density at radius 2 is 1.85 bits per heavy atom. The van der Waals surface area contributed by atoms with Gasteiger partial charge < -0.3 is 0 Å². The molecule has 0 amide bonds. The van der Waals surface area contributed by atoms with Crippen LogP contribution in [0.2, 0.25) is 0 Å². The number of rotatable bonds is 3. The Kier molecular flexibility index (Phi) is 3.65. The van der Waals surface area contributed by atoms with E-state index in [-0.39, 0.29) is 5.82 Å². The van der Waals surface area contributed by atoms with Gasteiger partial charge in [0.2, 0.25) is 0 Å². The number of hydrogen-bond acceptors (Lipinski definition) is 1. The molecule has 0 bridgehead atoms. The summed E-state index contributed by atoms with van der Waals surface area (Å²) in [5, 5.41) is 4.32. The van der Waals surface area contributed by atoms with Crippen LogP contribution in [0.5, 0.6) is 0 Å². The van der Waals surface area contributed by atoms with Crippen LogP contribution in [-0.2, 0) is 6.54 Å². The zero-order valence-electron chi connectivity index (χ0n) is 10.6. The van der Waals surface area contributed by atoms with E-state index >= 15 is 0 Å². The molecule has 0 aliphatic rings. The summed E-state index contributed by atoms with van der Waals surface area (Å²) >= 11 is 3.42. The van der Waals surface area contributed by atoms with Crippen LogP contribution in [0.3, 0.4) is 0 Å². The fraction of sp³-hybridized carbons (Fsp3) is 0.0625. The molecule has 0 atom stereocenters. The first kappa shape index (κ1) is 13.1. The standard InChI is InChI=1S/C16H12BrFN2/c17-15-6-4-13(5-7-15)14-9-19-20(11-14)10-12-2-1-3-16(18)8-12/h1-9,11H,10H2. The van der Waals surface area contributed by atoms with E-state index in [1.165, 1.54) is 12.1 Å². The SMILES string of the molecule is Fc1cccc(Cn2cc(-c3ccc(Br)cc3)cn2)c1. The predicted molar refractivity (Wildman–Crippen MR) is 80.9 cm³/mol. The Morgan fingerprint density at radius 3 is 2.60 bits per heavy atom. The van der Waals surface area contributed by atoms with Crippen molar-refractivity contribution < 1.29 is 4.39 Å². The molecule has 100 valence electrons. The molecule has 1 aromatic heterocycles. The Labute approximate surface area is 125 Å². The van der Waals surface area contributed by atoms with Gasteiger partial charge in [0.05, 0.1) is 12.7 Å². The molecule has 20 heavy (non-hydrogen) atoms. The second-order valence-electron chi connectivity index (χ2n) is 4.56. The number of aromatic nitrogens is 2. The average molecular weight is 331 g/mol. The molecule has 1 heterocycles. The van der Waals surface area contributed by atoms with E-state index in [2.05, 4.69) is 21.0 Å². The highest BCUT2D eigenvalue weighted by Crippen LogP contribution is 2.21. The maximum Gasteiger partial charge on any atom is 0.123 e. The zero-order chi connectivity index (χ0) is 13.9. The van der Waals surface area contributed by atoms with Gasteiger partial charge in [0.15, 0.2) is 0 Å². The molecule has 0 saturated heterocycles. The highest BCUT2D eigenvalue weighted by Gasteiger charge is 2.03. The highest BCUT2D eigenvalue weighted by molar-refractivity contribution is 9.10. The first-order chi connectivity index (χ1) is 9.70. The Balaban J connectivity index is 1.82. The molecule has 0 aliphatic carbocycles. The Morgan fingerprint density at radius 1 is 1.05 bits per heavy atom. The summed E-state index contributed by atoms with van der Waals surface area (Å²) in [5.41, 5.74) is 3.06. The summed E-state index contributed by atoms with van der Waals surface area (Å²) in [6.07, 6.45) is 3.79. The van der Waals surface area contributed by atoms with Crippen LogP contribution < -0.4 is 0 Å². The third kappa shape index (κ3) is 2.96. The van der Waals surface area contributed by atoms with Crippen LogP contribution in [0.25, 0.3) is 11.1 Å². The lowest BCUT2D eigenvalue weighted by atomic mass is 10.1. The van der Waals surface area contributed by atoms with Crippen LogP contribution in [0.1, 0.15) is 5.56 Å². The molecular formula is C16H12BrFN2. The van der Waals surface area contributed by atoms with E-state index in [1.54, 1.807) is 6.07 Å². The van der Waals surface area contributed by atoms with E-state index < -0.39 is 0 Å². The molecule has 0 spiro atoms. The molecule has 0 aliphatic heterocycles. The molecule has 0 saturated carbocycles. The van der Waals surface area contributed by atoms with Gasteiger partial charge in [0.1, 0.15) is 5.82 Å². The van der Waals surface area contributed by atoms with Gasteiger partial charge in [-0.1, -0.05) is 40.2 Å². The second kappa shape index (κ2) is 5.59. The van der Waals surface area contributed by atoms with Crippen molar-refractivity contribution in [1.29, 1.82) is 0 Å². The number of nitrogens with zero attached hydrogens (tertiary/aromatic N) is 2. The number of halogens is 2. The maximum absolute atomic E-state index is 13.1. The molecule has 0 unspecified atom stereocenters. The molecule has 4 heteroatoms. The van der Waals surface area contributed by atoms with Crippen molar-refractivity contribution in [2.75, 3.05) is 0 Å². The lowest BCUT2D eigenvalue weighted by molar-refractivity contribution is 0.619. The zero-order valence-corrected chi connectivity index (χ0v) is 12.2. The van der Waals surface area contributed by atoms with Gasteiger partial charge in [-0.15, -0.1) is 0 Å². The van der Waals surface area contributed by atoms with Gasteiger partial charge in [-0.05, 0) is 35.4 Å². The van der Waals surface area contributed by atoms with Crippen molar-refractivity contribution >= 4 is 15.9 Å². The Bertz CT molecular complexity index is 719. The van der Waals surface area contributed by atoms with E-state index in [0.717, 1.165) is 21.2 Å². The highest BCUT2D eigenvalue weighted by atomic mass is 79.9. The smallest absolute Gasteiger partial charge is 0.123 e. The molecule has 2 aromatic carbocycles. The first-order valence-electron chi connectivity index (χ1n) is 6.23.